The van der Waals surface area contributed by atoms with Gasteiger partial charge in [-0.25, -0.2) is 0 Å². The van der Waals surface area contributed by atoms with E-state index in [0.717, 1.165) is 11.4 Å². The van der Waals surface area contributed by atoms with E-state index in [-0.39, 0.29) is 0 Å². The smallest absolute Gasteiger partial charge is 0.0590 e. The fourth-order valence-electron chi connectivity index (χ4n) is 3.38. The second-order valence-corrected chi connectivity index (χ2v) is 7.40. The number of thiophene rings is 1. The summed E-state index contributed by atoms with van der Waals surface area (Å²) in [5.41, 5.74) is 4.80. The molecular weight excluding hydrogens is 334 g/mol. The summed E-state index contributed by atoms with van der Waals surface area (Å²) in [6.45, 7) is 0. The van der Waals surface area contributed by atoms with Gasteiger partial charge in [0.05, 0.1) is 10.4 Å². The minimum atomic E-state index is 1.11. The van der Waals surface area contributed by atoms with Crippen molar-refractivity contribution in [2.75, 3.05) is 5.32 Å². The highest BCUT2D eigenvalue weighted by Crippen LogP contribution is 2.40. The fourth-order valence-corrected chi connectivity index (χ4v) is 4.54. The Morgan fingerprint density at radius 2 is 1.35 bits per heavy atom. The van der Waals surface area contributed by atoms with Gasteiger partial charge in [-0.1, -0.05) is 66.7 Å². The summed E-state index contributed by atoms with van der Waals surface area (Å²) in [5.74, 6) is 0. The van der Waals surface area contributed by atoms with E-state index in [1.165, 1.54) is 31.3 Å². The van der Waals surface area contributed by atoms with Gasteiger partial charge < -0.3 is 5.32 Å². The van der Waals surface area contributed by atoms with Crippen LogP contribution in [0.15, 0.2) is 97.1 Å². The SMILES string of the molecule is c1ccc(Nc2cccc3c2sc2ccc(-c4ccccc4)cc23)cc1. The molecule has 1 nitrogen and oxygen atoms in total. The van der Waals surface area contributed by atoms with E-state index in [0.29, 0.717) is 0 Å². The van der Waals surface area contributed by atoms with Gasteiger partial charge in [0.1, 0.15) is 0 Å². The molecule has 5 rings (SSSR count). The number of hydrogen-bond donors (Lipinski definition) is 1. The molecule has 1 heterocycles. The number of nitrogens with one attached hydrogen (secondary N) is 1. The molecule has 0 saturated heterocycles. The summed E-state index contributed by atoms with van der Waals surface area (Å²) in [7, 11) is 0. The zero-order valence-corrected chi connectivity index (χ0v) is 15.0. The maximum absolute atomic E-state index is 3.56. The maximum atomic E-state index is 3.56. The van der Waals surface area contributed by atoms with E-state index >= 15 is 0 Å². The molecule has 2 heteroatoms. The summed E-state index contributed by atoms with van der Waals surface area (Å²) in [6.07, 6.45) is 0. The van der Waals surface area contributed by atoms with Gasteiger partial charge in [-0.2, -0.15) is 0 Å². The Hall–Kier alpha value is -3.10. The number of hydrogen-bond acceptors (Lipinski definition) is 2. The minimum absolute atomic E-state index is 1.11. The first kappa shape index (κ1) is 15.2. The van der Waals surface area contributed by atoms with Gasteiger partial charge in [-0.3, -0.25) is 0 Å². The van der Waals surface area contributed by atoms with Gasteiger partial charge in [0.25, 0.3) is 0 Å². The van der Waals surface area contributed by atoms with Crippen LogP contribution in [-0.4, -0.2) is 0 Å². The van der Waals surface area contributed by atoms with Gasteiger partial charge in [-0.05, 0) is 41.5 Å². The van der Waals surface area contributed by atoms with Crippen molar-refractivity contribution in [2.45, 2.75) is 0 Å². The highest BCUT2D eigenvalue weighted by Gasteiger charge is 2.10. The molecular formula is C24H17NS. The molecule has 5 aromatic rings. The molecule has 0 radical (unpaired) electrons. The van der Waals surface area contributed by atoms with E-state index in [1.807, 2.05) is 17.4 Å². The molecule has 4 aromatic carbocycles. The van der Waals surface area contributed by atoms with Crippen LogP contribution in [0.2, 0.25) is 0 Å². The first-order chi connectivity index (χ1) is 12.9. The van der Waals surface area contributed by atoms with Crippen molar-refractivity contribution in [1.29, 1.82) is 0 Å². The number of benzene rings is 4. The first-order valence-corrected chi connectivity index (χ1v) is 9.53. The zero-order valence-electron chi connectivity index (χ0n) is 14.1. The molecule has 26 heavy (non-hydrogen) atoms. The molecule has 0 aliphatic heterocycles. The average Bonchev–Trinajstić information content (AvgIpc) is 3.08. The standard InChI is InChI=1S/C24H17NS/c1-3-8-17(9-4-1)18-14-15-23-21(16-18)20-12-7-13-22(24(20)26-23)25-19-10-5-2-6-11-19/h1-16,25H. The predicted molar refractivity (Wildman–Crippen MR) is 114 cm³/mol. The van der Waals surface area contributed by atoms with E-state index in [4.69, 9.17) is 0 Å². The Morgan fingerprint density at radius 3 is 2.15 bits per heavy atom. The Labute approximate surface area is 156 Å². The van der Waals surface area contributed by atoms with Crippen LogP contribution >= 0.6 is 11.3 Å². The third kappa shape index (κ3) is 2.65. The molecule has 0 atom stereocenters. The van der Waals surface area contributed by atoms with Crippen molar-refractivity contribution in [1.82, 2.24) is 0 Å². The lowest BCUT2D eigenvalue weighted by molar-refractivity contribution is 1.59. The van der Waals surface area contributed by atoms with E-state index in [9.17, 15) is 0 Å². The van der Waals surface area contributed by atoms with Gasteiger partial charge >= 0.3 is 0 Å². The highest BCUT2D eigenvalue weighted by molar-refractivity contribution is 7.26. The summed E-state index contributed by atoms with van der Waals surface area (Å²) < 4.78 is 2.62. The number of para-hydroxylation sites is 1. The van der Waals surface area contributed by atoms with E-state index < -0.39 is 0 Å². The monoisotopic (exact) mass is 351 g/mol. The van der Waals surface area contributed by atoms with E-state index in [1.54, 1.807) is 0 Å². The van der Waals surface area contributed by atoms with Crippen LogP contribution in [-0.2, 0) is 0 Å². The van der Waals surface area contributed by atoms with Crippen LogP contribution < -0.4 is 5.32 Å². The molecule has 0 fully saturated rings. The normalized spacial score (nSPS) is 11.1. The van der Waals surface area contributed by atoms with Crippen molar-refractivity contribution in [2.24, 2.45) is 0 Å². The van der Waals surface area contributed by atoms with Gasteiger partial charge in [0.15, 0.2) is 0 Å². The van der Waals surface area contributed by atoms with Crippen molar-refractivity contribution >= 4 is 42.9 Å². The van der Waals surface area contributed by atoms with Crippen molar-refractivity contribution < 1.29 is 0 Å². The predicted octanol–water partition coefficient (Wildman–Crippen LogP) is 7.47. The Kier molecular flexibility index (Phi) is 3.69. The van der Waals surface area contributed by atoms with Crippen LogP contribution in [0, 0.1) is 0 Å². The molecule has 0 aliphatic carbocycles. The third-order valence-electron chi connectivity index (χ3n) is 4.66. The second-order valence-electron chi connectivity index (χ2n) is 6.35. The zero-order chi connectivity index (χ0) is 17.3. The minimum Gasteiger partial charge on any atom is -0.354 e. The molecule has 0 unspecified atom stereocenters. The van der Waals surface area contributed by atoms with Crippen LogP contribution in [0.5, 0.6) is 0 Å². The molecule has 1 aromatic heterocycles. The van der Waals surface area contributed by atoms with Gasteiger partial charge in [0.2, 0.25) is 0 Å². The number of fused-ring (bicyclic) bond motifs is 3. The first-order valence-electron chi connectivity index (χ1n) is 8.71. The Bertz CT molecular complexity index is 1190. The number of anilines is 2. The quantitative estimate of drug-likeness (QED) is 0.355. The van der Waals surface area contributed by atoms with Crippen LogP contribution in [0.25, 0.3) is 31.3 Å². The topological polar surface area (TPSA) is 12.0 Å². The third-order valence-corrected chi connectivity index (χ3v) is 5.88. The number of rotatable bonds is 3. The lowest BCUT2D eigenvalue weighted by Gasteiger charge is -2.07. The maximum Gasteiger partial charge on any atom is 0.0590 e. The summed E-state index contributed by atoms with van der Waals surface area (Å²) in [4.78, 5) is 0. The second kappa shape index (κ2) is 6.32. The summed E-state index contributed by atoms with van der Waals surface area (Å²) >= 11 is 1.85. The summed E-state index contributed by atoms with van der Waals surface area (Å²) in [6, 6.07) is 34.2. The van der Waals surface area contributed by atoms with Crippen LogP contribution in [0.1, 0.15) is 0 Å². The van der Waals surface area contributed by atoms with Gasteiger partial charge in [-0.15, -0.1) is 11.3 Å². The molecule has 124 valence electrons. The average molecular weight is 351 g/mol. The lowest BCUT2D eigenvalue weighted by Crippen LogP contribution is -1.89. The van der Waals surface area contributed by atoms with Crippen molar-refractivity contribution in [3.05, 3.63) is 97.1 Å². The molecule has 0 saturated carbocycles. The molecule has 0 bridgehead atoms. The highest BCUT2D eigenvalue weighted by atomic mass is 32.1. The van der Waals surface area contributed by atoms with Crippen molar-refractivity contribution in [3.8, 4) is 11.1 Å². The lowest BCUT2D eigenvalue weighted by atomic mass is 10.0. The fraction of sp³-hybridized carbons (Fsp3) is 0. The molecule has 1 N–H and O–H groups in total. The molecule has 0 aliphatic rings. The van der Waals surface area contributed by atoms with E-state index in [2.05, 4.69) is 96.3 Å². The summed E-state index contributed by atoms with van der Waals surface area (Å²) in [5, 5.41) is 6.20. The van der Waals surface area contributed by atoms with Crippen LogP contribution in [0.3, 0.4) is 0 Å². The Balaban J connectivity index is 1.66. The van der Waals surface area contributed by atoms with Crippen LogP contribution in [0.4, 0.5) is 11.4 Å². The Morgan fingerprint density at radius 1 is 0.577 bits per heavy atom. The largest absolute Gasteiger partial charge is 0.354 e. The van der Waals surface area contributed by atoms with Gasteiger partial charge in [0, 0.05) is 21.2 Å². The van der Waals surface area contributed by atoms with Crippen molar-refractivity contribution in [3.63, 3.8) is 0 Å². The molecule has 0 spiro atoms. The molecule has 0 amide bonds.